The first kappa shape index (κ1) is 78.2. The summed E-state index contributed by atoms with van der Waals surface area (Å²) in [5.74, 6) is -1.59. The molecule has 0 radical (unpaired) electrons. The van der Waals surface area contributed by atoms with E-state index in [4.69, 9.17) is 32.3 Å². The molecule has 0 saturated heterocycles. The molecule has 5 unspecified atom stereocenters. The number of esters is 3. The minimum atomic E-state index is -4.91. The highest BCUT2D eigenvalue weighted by molar-refractivity contribution is 7.47. The molecule has 4 N–H and O–H groups in total. The number of hydrogen-bond donors (Lipinski definition) is 4. The number of rotatable bonds is 60. The predicted molar refractivity (Wildman–Crippen MR) is 325 cm³/mol. The molecule has 0 aliphatic rings. The lowest BCUT2D eigenvalue weighted by Gasteiger charge is -2.21. The molecule has 81 heavy (non-hydrogen) atoms. The lowest BCUT2D eigenvalue weighted by Crippen LogP contribution is -2.30. The molecule has 5 atom stereocenters. The maximum atomic E-state index is 12.8. The van der Waals surface area contributed by atoms with Gasteiger partial charge in [-0.2, -0.15) is 0 Å². The van der Waals surface area contributed by atoms with Crippen LogP contribution in [0.1, 0.15) is 265 Å². The van der Waals surface area contributed by atoms with Crippen LogP contribution >= 0.6 is 15.6 Å². The van der Waals surface area contributed by atoms with Crippen molar-refractivity contribution in [2.75, 3.05) is 39.6 Å². The average molecular weight is 1190 g/mol. The van der Waals surface area contributed by atoms with E-state index < -0.39 is 91.5 Å². The number of aliphatic hydroxyl groups is 2. The van der Waals surface area contributed by atoms with Crippen molar-refractivity contribution in [2.24, 2.45) is 0 Å². The van der Waals surface area contributed by atoms with Crippen molar-refractivity contribution in [3.8, 4) is 0 Å². The maximum Gasteiger partial charge on any atom is 0.472 e. The van der Waals surface area contributed by atoms with E-state index in [1.165, 1.54) is 83.5 Å². The van der Waals surface area contributed by atoms with E-state index in [9.17, 15) is 43.5 Å². The molecule has 18 heteroatoms. The van der Waals surface area contributed by atoms with E-state index in [0.717, 1.165) is 122 Å². The van der Waals surface area contributed by atoms with E-state index in [1.54, 1.807) is 0 Å². The second-order valence-electron chi connectivity index (χ2n) is 21.2. The highest BCUT2D eigenvalue weighted by Gasteiger charge is 2.29. The van der Waals surface area contributed by atoms with Crippen LogP contribution in [0, 0.1) is 0 Å². The van der Waals surface area contributed by atoms with Gasteiger partial charge in [0.25, 0.3) is 0 Å². The van der Waals surface area contributed by atoms with E-state index >= 15 is 0 Å². The molecule has 0 fully saturated rings. The molecule has 0 aliphatic carbocycles. The number of carbonyl (C=O) groups is 3. The Morgan fingerprint density at radius 1 is 0.358 bits per heavy atom. The van der Waals surface area contributed by atoms with Crippen molar-refractivity contribution in [3.05, 3.63) is 60.8 Å². The highest BCUT2D eigenvalue weighted by atomic mass is 31.2. The Kier molecular flexibility index (Phi) is 55.7. The number of ether oxygens (including phenoxy) is 3. The number of aliphatic hydroxyl groups excluding tert-OH is 2. The largest absolute Gasteiger partial charge is 0.472 e. The summed E-state index contributed by atoms with van der Waals surface area (Å²) >= 11 is 0. The van der Waals surface area contributed by atoms with Gasteiger partial charge in [-0.3, -0.25) is 32.5 Å². The molecule has 0 aromatic rings. The fourth-order valence-electron chi connectivity index (χ4n) is 8.37. The number of allylic oxidation sites excluding steroid dienone is 10. The monoisotopic (exact) mass is 1190 g/mol. The van der Waals surface area contributed by atoms with Crippen molar-refractivity contribution in [2.45, 2.75) is 283 Å². The highest BCUT2D eigenvalue weighted by Crippen LogP contribution is 2.45. The van der Waals surface area contributed by atoms with Gasteiger partial charge >= 0.3 is 33.6 Å². The first-order chi connectivity index (χ1) is 39.2. The molecule has 472 valence electrons. The smallest absolute Gasteiger partial charge is 0.463 e. The van der Waals surface area contributed by atoms with E-state index in [1.807, 2.05) is 0 Å². The van der Waals surface area contributed by atoms with Crippen LogP contribution in [-0.2, 0) is 55.8 Å². The summed E-state index contributed by atoms with van der Waals surface area (Å²) in [4.78, 5) is 58.1. The minimum Gasteiger partial charge on any atom is -0.463 e. The van der Waals surface area contributed by atoms with Gasteiger partial charge in [0.1, 0.15) is 25.4 Å². The van der Waals surface area contributed by atoms with E-state index in [2.05, 4.69) is 81.5 Å². The number of carbonyl (C=O) groups excluding carboxylic acids is 3. The Labute approximate surface area is 490 Å². The van der Waals surface area contributed by atoms with Gasteiger partial charge < -0.3 is 34.2 Å². The van der Waals surface area contributed by atoms with Gasteiger partial charge in [-0.1, -0.05) is 229 Å². The Hall–Kier alpha value is -2.75. The zero-order chi connectivity index (χ0) is 59.6. The van der Waals surface area contributed by atoms with Gasteiger partial charge in [-0.15, -0.1) is 0 Å². The molecular formula is C63H114O16P2. The van der Waals surface area contributed by atoms with Gasteiger partial charge in [0, 0.05) is 19.3 Å². The van der Waals surface area contributed by atoms with Crippen LogP contribution in [-0.4, -0.2) is 95.9 Å². The first-order valence-electron chi connectivity index (χ1n) is 31.6. The second kappa shape index (κ2) is 57.7. The van der Waals surface area contributed by atoms with Gasteiger partial charge in [0.05, 0.1) is 26.4 Å². The summed E-state index contributed by atoms with van der Waals surface area (Å²) in [6.45, 7) is 2.50. The van der Waals surface area contributed by atoms with Gasteiger partial charge in [-0.25, -0.2) is 9.13 Å². The summed E-state index contributed by atoms with van der Waals surface area (Å²) in [5.41, 5.74) is 0. The van der Waals surface area contributed by atoms with E-state index in [0.29, 0.717) is 19.3 Å². The Bertz CT molecular complexity index is 1730. The standard InChI is InChI=1S/C63H114O16P2/c1-4-7-10-13-16-19-22-24-26-27-28-29-31-33-35-37-40-43-46-49-61(66)73-52-58(64)53-75-80(69,70)76-54-59(65)55-77-81(71,72)78-57-60(79-63(68)51-48-45-42-39-34-21-18-15-12-9-6-3)56-74-62(67)50-47-44-41-38-36-32-30-25-23-20-17-14-11-8-5-2/h7,10,15-16,18-19,24,26,28-29,58-60,64-65H,4-6,8-9,11-14,17,20-23,25,27,30-57H2,1-3H3,(H,69,70)(H,71,72)/b10-7-,18-15-,19-16-,26-24-,29-28-. The van der Waals surface area contributed by atoms with Crippen molar-refractivity contribution in [1.82, 2.24) is 0 Å². The van der Waals surface area contributed by atoms with Crippen LogP contribution in [0.5, 0.6) is 0 Å². The molecule has 0 saturated carbocycles. The molecular weight excluding hydrogens is 1070 g/mol. The average Bonchev–Trinajstić information content (AvgIpc) is 3.44. The van der Waals surface area contributed by atoms with Crippen molar-refractivity contribution < 1.29 is 75.8 Å². The first-order valence-corrected chi connectivity index (χ1v) is 34.6. The molecule has 0 amide bonds. The van der Waals surface area contributed by atoms with Crippen LogP contribution < -0.4 is 0 Å². The van der Waals surface area contributed by atoms with Gasteiger partial charge in [0.15, 0.2) is 6.10 Å². The molecule has 0 aliphatic heterocycles. The molecule has 0 bridgehead atoms. The zero-order valence-corrected chi connectivity index (χ0v) is 52.5. The molecule has 0 aromatic heterocycles. The summed E-state index contributed by atoms with van der Waals surface area (Å²) in [5, 5.41) is 20.5. The Morgan fingerprint density at radius 2 is 0.667 bits per heavy atom. The fraction of sp³-hybridized carbons (Fsp3) is 0.794. The Balaban J connectivity index is 4.59. The number of unbranched alkanes of at least 4 members (excludes halogenated alkanes) is 27. The number of phosphoric acid groups is 2. The number of phosphoric ester groups is 2. The van der Waals surface area contributed by atoms with Crippen LogP contribution in [0.15, 0.2) is 60.8 Å². The lowest BCUT2D eigenvalue weighted by molar-refractivity contribution is -0.161. The molecule has 0 heterocycles. The van der Waals surface area contributed by atoms with E-state index in [-0.39, 0.29) is 19.3 Å². The third-order valence-electron chi connectivity index (χ3n) is 13.2. The summed E-state index contributed by atoms with van der Waals surface area (Å²) in [6, 6.07) is 0. The molecule has 0 spiro atoms. The zero-order valence-electron chi connectivity index (χ0n) is 50.7. The Morgan fingerprint density at radius 3 is 1.09 bits per heavy atom. The van der Waals surface area contributed by atoms with Gasteiger partial charge in [0.2, 0.25) is 0 Å². The van der Waals surface area contributed by atoms with Crippen LogP contribution in [0.3, 0.4) is 0 Å². The van der Waals surface area contributed by atoms with Crippen molar-refractivity contribution >= 4 is 33.6 Å². The topological polar surface area (TPSA) is 231 Å². The van der Waals surface area contributed by atoms with Crippen LogP contribution in [0.2, 0.25) is 0 Å². The third-order valence-corrected chi connectivity index (χ3v) is 15.1. The summed E-state index contributed by atoms with van der Waals surface area (Å²) in [7, 11) is -9.76. The van der Waals surface area contributed by atoms with Crippen LogP contribution in [0.4, 0.5) is 0 Å². The lowest BCUT2D eigenvalue weighted by atomic mass is 10.0. The SMILES string of the molecule is CC/C=C\C/C=C\C/C=C\C/C=C\CCCCCCCCC(=O)OCC(O)COP(=O)(O)OCC(O)COP(=O)(O)OCC(COC(=O)CCCCCCCCCCCCCCCCC)OC(=O)CCCCCCC/C=C\CCCC. The molecule has 0 rings (SSSR count). The molecule has 16 nitrogen and oxygen atoms in total. The minimum absolute atomic E-state index is 0.0979. The number of hydrogen-bond acceptors (Lipinski definition) is 14. The summed E-state index contributed by atoms with van der Waals surface area (Å²) < 4.78 is 60.6. The second-order valence-corrected chi connectivity index (χ2v) is 24.1. The third kappa shape index (κ3) is 58.8. The quantitative estimate of drug-likeness (QED) is 0.0146. The normalized spacial score (nSPS) is 14.8. The van der Waals surface area contributed by atoms with Crippen molar-refractivity contribution in [1.29, 1.82) is 0 Å². The predicted octanol–water partition coefficient (Wildman–Crippen LogP) is 16.6. The van der Waals surface area contributed by atoms with Crippen LogP contribution in [0.25, 0.3) is 0 Å². The fourth-order valence-corrected chi connectivity index (χ4v) is 9.95. The molecule has 0 aromatic carbocycles. The summed E-state index contributed by atoms with van der Waals surface area (Å²) in [6.07, 6.45) is 55.7. The van der Waals surface area contributed by atoms with Gasteiger partial charge in [-0.05, 0) is 77.0 Å². The van der Waals surface area contributed by atoms with Crippen molar-refractivity contribution in [3.63, 3.8) is 0 Å². The maximum absolute atomic E-state index is 12.8.